The van der Waals surface area contributed by atoms with Crippen LogP contribution in [0, 0.1) is 5.92 Å². The Bertz CT molecular complexity index is 162. The van der Waals surface area contributed by atoms with E-state index in [9.17, 15) is 4.79 Å². The number of hydrogen-bond acceptors (Lipinski definition) is 2. The summed E-state index contributed by atoms with van der Waals surface area (Å²) in [7, 11) is 0. The van der Waals surface area contributed by atoms with E-state index in [-0.39, 0.29) is 24.5 Å². The van der Waals surface area contributed by atoms with Crippen molar-refractivity contribution in [3.05, 3.63) is 0 Å². The predicted octanol–water partition coefficient (Wildman–Crippen LogP) is 1.68. The van der Waals surface area contributed by atoms with Crippen LogP contribution in [0.3, 0.4) is 0 Å². The summed E-state index contributed by atoms with van der Waals surface area (Å²) in [5, 5.41) is 12.8. The molecule has 1 atom stereocenters. The van der Waals surface area contributed by atoms with Crippen LogP contribution in [0.2, 0.25) is 0 Å². The zero-order valence-electron chi connectivity index (χ0n) is 8.92. The van der Waals surface area contributed by atoms with E-state index in [1.807, 2.05) is 13.8 Å². The topological polar surface area (TPSA) is 49.3 Å². The summed E-state index contributed by atoms with van der Waals surface area (Å²) in [5.41, 5.74) is 0. The molecule has 4 heteroatoms. The Labute approximate surface area is 94.4 Å². The molecule has 0 aliphatic heterocycles. The lowest BCUT2D eigenvalue weighted by molar-refractivity contribution is -0.122. The molecule has 0 aromatic rings. The van der Waals surface area contributed by atoms with Crippen LogP contribution >= 0.6 is 15.9 Å². The number of unbranched alkanes of at least 4 members (excludes halogenated alkanes) is 1. The van der Waals surface area contributed by atoms with Crippen molar-refractivity contribution in [2.24, 2.45) is 5.92 Å². The van der Waals surface area contributed by atoms with Gasteiger partial charge in [0.1, 0.15) is 0 Å². The Morgan fingerprint density at radius 2 is 2.07 bits per heavy atom. The van der Waals surface area contributed by atoms with Gasteiger partial charge >= 0.3 is 0 Å². The zero-order chi connectivity index (χ0) is 11.0. The summed E-state index contributed by atoms with van der Waals surface area (Å²) in [6, 6.07) is -0.105. The Kier molecular flexibility index (Phi) is 8.18. The van der Waals surface area contributed by atoms with Gasteiger partial charge in [-0.1, -0.05) is 29.8 Å². The van der Waals surface area contributed by atoms with E-state index in [0.29, 0.717) is 6.42 Å². The van der Waals surface area contributed by atoms with Crippen molar-refractivity contribution in [3.63, 3.8) is 0 Å². The van der Waals surface area contributed by atoms with Crippen molar-refractivity contribution in [1.82, 2.24) is 5.32 Å². The number of carbonyl (C=O) groups is 1. The molecular weight excluding hydrogens is 246 g/mol. The second-order valence-corrected chi connectivity index (χ2v) is 4.54. The lowest BCUT2D eigenvalue weighted by Crippen LogP contribution is -2.41. The molecule has 2 N–H and O–H groups in total. The first-order valence-corrected chi connectivity index (χ1v) is 6.20. The zero-order valence-corrected chi connectivity index (χ0v) is 10.5. The maximum absolute atomic E-state index is 11.4. The number of aliphatic hydroxyl groups excluding tert-OH is 1. The number of alkyl halides is 1. The maximum atomic E-state index is 11.4. The van der Waals surface area contributed by atoms with Crippen LogP contribution in [-0.2, 0) is 4.79 Å². The monoisotopic (exact) mass is 265 g/mol. The lowest BCUT2D eigenvalue weighted by Gasteiger charge is -2.19. The van der Waals surface area contributed by atoms with Crippen molar-refractivity contribution in [2.75, 3.05) is 11.9 Å². The summed E-state index contributed by atoms with van der Waals surface area (Å²) in [6.07, 6.45) is 2.46. The SMILES string of the molecule is CC(C)C(CO)NC(=O)CCCCBr. The first kappa shape index (κ1) is 13.9. The smallest absolute Gasteiger partial charge is 0.220 e. The van der Waals surface area contributed by atoms with Crippen molar-refractivity contribution >= 4 is 21.8 Å². The molecule has 3 nitrogen and oxygen atoms in total. The van der Waals surface area contributed by atoms with Crippen molar-refractivity contribution in [3.8, 4) is 0 Å². The van der Waals surface area contributed by atoms with E-state index in [1.54, 1.807) is 0 Å². The Hall–Kier alpha value is -0.0900. The summed E-state index contributed by atoms with van der Waals surface area (Å²) in [6.45, 7) is 3.99. The van der Waals surface area contributed by atoms with Crippen LogP contribution in [0.5, 0.6) is 0 Å². The van der Waals surface area contributed by atoms with Gasteiger partial charge in [-0.15, -0.1) is 0 Å². The number of hydrogen-bond donors (Lipinski definition) is 2. The summed E-state index contributed by atoms with van der Waals surface area (Å²) in [5.74, 6) is 0.318. The molecule has 0 saturated heterocycles. The molecule has 0 heterocycles. The third kappa shape index (κ3) is 6.38. The van der Waals surface area contributed by atoms with E-state index in [2.05, 4.69) is 21.2 Å². The Balaban J connectivity index is 3.68. The molecule has 1 amide bonds. The van der Waals surface area contributed by atoms with Gasteiger partial charge in [0, 0.05) is 11.8 Å². The Morgan fingerprint density at radius 3 is 2.50 bits per heavy atom. The average Bonchev–Trinajstić information content (AvgIpc) is 2.14. The first-order chi connectivity index (χ1) is 6.61. The van der Waals surface area contributed by atoms with Crippen LogP contribution in [0.4, 0.5) is 0 Å². The number of amides is 1. The maximum Gasteiger partial charge on any atom is 0.220 e. The molecule has 1 unspecified atom stereocenters. The average molecular weight is 266 g/mol. The summed E-state index contributed by atoms with van der Waals surface area (Å²) < 4.78 is 0. The van der Waals surface area contributed by atoms with Gasteiger partial charge in [0.05, 0.1) is 12.6 Å². The molecule has 0 aliphatic carbocycles. The third-order valence-electron chi connectivity index (χ3n) is 2.14. The molecule has 0 spiro atoms. The fourth-order valence-electron chi connectivity index (χ4n) is 1.08. The number of rotatable bonds is 7. The minimum absolute atomic E-state index is 0.0157. The minimum Gasteiger partial charge on any atom is -0.394 e. The molecule has 84 valence electrons. The van der Waals surface area contributed by atoms with E-state index >= 15 is 0 Å². The molecule has 0 bridgehead atoms. The van der Waals surface area contributed by atoms with Crippen LogP contribution in [0.15, 0.2) is 0 Å². The highest BCUT2D eigenvalue weighted by Crippen LogP contribution is 2.03. The molecule has 0 fully saturated rings. The fourth-order valence-corrected chi connectivity index (χ4v) is 1.48. The molecule has 0 aliphatic rings. The summed E-state index contributed by atoms with van der Waals surface area (Å²) >= 11 is 3.32. The van der Waals surface area contributed by atoms with Gasteiger partial charge in [-0.25, -0.2) is 0 Å². The van der Waals surface area contributed by atoms with Crippen molar-refractivity contribution < 1.29 is 9.90 Å². The number of carbonyl (C=O) groups excluding carboxylic acids is 1. The number of nitrogens with one attached hydrogen (secondary N) is 1. The standard InChI is InChI=1S/C10H20BrNO2/c1-8(2)9(7-13)12-10(14)5-3-4-6-11/h8-9,13H,3-7H2,1-2H3,(H,12,14). The van der Waals surface area contributed by atoms with Gasteiger partial charge in [0.2, 0.25) is 5.91 Å². The molecule has 0 aromatic heterocycles. The van der Waals surface area contributed by atoms with Gasteiger partial charge < -0.3 is 10.4 Å². The largest absolute Gasteiger partial charge is 0.394 e. The number of aliphatic hydroxyl groups is 1. The molecule has 14 heavy (non-hydrogen) atoms. The van der Waals surface area contributed by atoms with Crippen LogP contribution in [0.25, 0.3) is 0 Å². The van der Waals surface area contributed by atoms with Crippen LogP contribution < -0.4 is 5.32 Å². The highest BCUT2D eigenvalue weighted by atomic mass is 79.9. The van der Waals surface area contributed by atoms with E-state index in [1.165, 1.54) is 0 Å². The van der Waals surface area contributed by atoms with Crippen molar-refractivity contribution in [1.29, 1.82) is 0 Å². The van der Waals surface area contributed by atoms with E-state index < -0.39 is 0 Å². The van der Waals surface area contributed by atoms with Gasteiger partial charge in [-0.3, -0.25) is 4.79 Å². The highest BCUT2D eigenvalue weighted by Gasteiger charge is 2.14. The lowest BCUT2D eigenvalue weighted by atomic mass is 10.1. The highest BCUT2D eigenvalue weighted by molar-refractivity contribution is 9.09. The van der Waals surface area contributed by atoms with Crippen LogP contribution in [-0.4, -0.2) is 29.0 Å². The third-order valence-corrected chi connectivity index (χ3v) is 2.70. The van der Waals surface area contributed by atoms with Gasteiger partial charge in [0.25, 0.3) is 0 Å². The molecule has 0 saturated carbocycles. The van der Waals surface area contributed by atoms with Gasteiger partial charge in [-0.05, 0) is 18.8 Å². The first-order valence-electron chi connectivity index (χ1n) is 5.08. The van der Waals surface area contributed by atoms with E-state index in [4.69, 9.17) is 5.11 Å². The van der Waals surface area contributed by atoms with Gasteiger partial charge in [0.15, 0.2) is 0 Å². The second-order valence-electron chi connectivity index (χ2n) is 3.75. The minimum atomic E-state index is -0.105. The molecule has 0 aromatic carbocycles. The number of halogens is 1. The normalized spacial score (nSPS) is 12.9. The van der Waals surface area contributed by atoms with Crippen LogP contribution in [0.1, 0.15) is 33.1 Å². The van der Waals surface area contributed by atoms with Crippen molar-refractivity contribution in [2.45, 2.75) is 39.2 Å². The fraction of sp³-hybridized carbons (Fsp3) is 0.900. The molecule has 0 radical (unpaired) electrons. The predicted molar refractivity (Wildman–Crippen MR) is 61.5 cm³/mol. The second kappa shape index (κ2) is 8.24. The quantitative estimate of drug-likeness (QED) is 0.544. The Morgan fingerprint density at radius 1 is 1.43 bits per heavy atom. The van der Waals surface area contributed by atoms with Gasteiger partial charge in [-0.2, -0.15) is 0 Å². The van der Waals surface area contributed by atoms with E-state index in [0.717, 1.165) is 18.2 Å². The molecular formula is C10H20BrNO2. The molecule has 0 rings (SSSR count). The summed E-state index contributed by atoms with van der Waals surface area (Å²) in [4.78, 5) is 11.4.